The Morgan fingerprint density at radius 2 is 1.86 bits per heavy atom. The number of amides is 1. The summed E-state index contributed by atoms with van der Waals surface area (Å²) in [6.07, 6.45) is 8.16. The number of hydrogen-bond donors (Lipinski definition) is 0. The van der Waals surface area contributed by atoms with Gasteiger partial charge in [-0.15, -0.1) is 0 Å². The summed E-state index contributed by atoms with van der Waals surface area (Å²) in [6, 6.07) is 3.99. The van der Waals surface area contributed by atoms with Crippen molar-refractivity contribution in [2.45, 2.75) is 50.5 Å². The average Bonchev–Trinajstić information content (AvgIpc) is 3.55. The zero-order valence-electron chi connectivity index (χ0n) is 16.6. The van der Waals surface area contributed by atoms with Crippen molar-refractivity contribution in [2.24, 2.45) is 0 Å². The third-order valence-corrected chi connectivity index (χ3v) is 6.27. The topological polar surface area (TPSA) is 84.6 Å². The summed E-state index contributed by atoms with van der Waals surface area (Å²) in [5.41, 5.74) is 0.869. The van der Waals surface area contributed by atoms with Gasteiger partial charge >= 0.3 is 0 Å². The molecule has 2 aromatic heterocycles. The largest absolute Gasteiger partial charge is 0.368 e. The maximum atomic E-state index is 12.5. The minimum atomic E-state index is -0.233. The standard InChI is InChI=1S/C21H27N5O3/c27-21(17-6-3-13-28-17)26-11-9-25(10-12-26)18-8-7-16(14-22-18)19-23-20(29-24-19)15-4-1-2-5-15/h7-8,14-15,17H,1-6,9-13H2. The number of rotatable bonds is 4. The molecule has 0 bridgehead atoms. The highest BCUT2D eigenvalue weighted by atomic mass is 16.5. The lowest BCUT2D eigenvalue weighted by molar-refractivity contribution is -0.141. The lowest BCUT2D eigenvalue weighted by Gasteiger charge is -2.36. The summed E-state index contributed by atoms with van der Waals surface area (Å²) in [5.74, 6) is 2.83. The van der Waals surface area contributed by atoms with Gasteiger partial charge in [-0.05, 0) is 37.8 Å². The van der Waals surface area contributed by atoms with Gasteiger partial charge in [-0.3, -0.25) is 4.79 Å². The monoisotopic (exact) mass is 397 g/mol. The lowest BCUT2D eigenvalue weighted by Crippen LogP contribution is -2.51. The van der Waals surface area contributed by atoms with Crippen LogP contribution in [-0.4, -0.2) is 64.8 Å². The Balaban J connectivity index is 1.19. The molecular formula is C21H27N5O3. The zero-order valence-corrected chi connectivity index (χ0v) is 16.6. The van der Waals surface area contributed by atoms with Gasteiger partial charge in [0.25, 0.3) is 5.91 Å². The van der Waals surface area contributed by atoms with Crippen molar-refractivity contribution in [3.8, 4) is 11.4 Å². The maximum Gasteiger partial charge on any atom is 0.251 e. The first kappa shape index (κ1) is 18.5. The molecule has 2 saturated heterocycles. The van der Waals surface area contributed by atoms with E-state index >= 15 is 0 Å². The molecule has 0 radical (unpaired) electrons. The van der Waals surface area contributed by atoms with Crippen molar-refractivity contribution in [2.75, 3.05) is 37.7 Å². The Hall–Kier alpha value is -2.48. The number of aromatic nitrogens is 3. The molecule has 3 aliphatic rings. The molecule has 29 heavy (non-hydrogen) atoms. The van der Waals surface area contributed by atoms with Crippen molar-refractivity contribution in [3.63, 3.8) is 0 Å². The minimum Gasteiger partial charge on any atom is -0.368 e. The van der Waals surface area contributed by atoms with Gasteiger partial charge in [0.2, 0.25) is 11.7 Å². The molecule has 8 nitrogen and oxygen atoms in total. The average molecular weight is 397 g/mol. The van der Waals surface area contributed by atoms with Crippen molar-refractivity contribution < 1.29 is 14.1 Å². The predicted molar refractivity (Wildman–Crippen MR) is 107 cm³/mol. The Kier molecular flexibility index (Phi) is 5.18. The minimum absolute atomic E-state index is 0.139. The summed E-state index contributed by atoms with van der Waals surface area (Å²) in [5, 5.41) is 4.14. The van der Waals surface area contributed by atoms with Crippen molar-refractivity contribution in [1.29, 1.82) is 0 Å². The molecule has 2 aromatic rings. The number of anilines is 1. The second-order valence-corrected chi connectivity index (χ2v) is 8.16. The first-order chi connectivity index (χ1) is 14.3. The fourth-order valence-electron chi connectivity index (χ4n) is 4.53. The van der Waals surface area contributed by atoms with Crippen LogP contribution in [-0.2, 0) is 9.53 Å². The number of pyridine rings is 1. The van der Waals surface area contributed by atoms with E-state index in [9.17, 15) is 4.79 Å². The molecule has 5 rings (SSSR count). The fourth-order valence-corrected chi connectivity index (χ4v) is 4.53. The molecule has 8 heteroatoms. The van der Waals surface area contributed by atoms with E-state index in [0.717, 1.165) is 56.0 Å². The van der Waals surface area contributed by atoms with Gasteiger partial charge in [-0.1, -0.05) is 18.0 Å². The van der Waals surface area contributed by atoms with Crippen molar-refractivity contribution >= 4 is 11.7 Å². The Morgan fingerprint density at radius 3 is 2.55 bits per heavy atom. The van der Waals surface area contributed by atoms with E-state index in [1.165, 1.54) is 12.8 Å². The van der Waals surface area contributed by atoms with Gasteiger partial charge < -0.3 is 19.1 Å². The molecule has 1 aliphatic carbocycles. The van der Waals surface area contributed by atoms with Gasteiger partial charge in [-0.25, -0.2) is 4.98 Å². The van der Waals surface area contributed by atoms with E-state index in [1.807, 2.05) is 23.2 Å². The number of carbonyl (C=O) groups is 1. The smallest absolute Gasteiger partial charge is 0.251 e. The normalized spacial score (nSPS) is 23.1. The van der Waals surface area contributed by atoms with Crippen molar-refractivity contribution in [3.05, 3.63) is 24.2 Å². The van der Waals surface area contributed by atoms with E-state index < -0.39 is 0 Å². The Labute approximate surface area is 170 Å². The Bertz CT molecular complexity index is 832. The van der Waals surface area contributed by atoms with E-state index in [-0.39, 0.29) is 12.0 Å². The zero-order chi connectivity index (χ0) is 19.6. The highest BCUT2D eigenvalue weighted by Crippen LogP contribution is 2.34. The van der Waals surface area contributed by atoms with Crippen LogP contribution in [0.1, 0.15) is 50.3 Å². The first-order valence-electron chi connectivity index (χ1n) is 10.7. The van der Waals surface area contributed by atoms with E-state index in [0.29, 0.717) is 31.4 Å². The summed E-state index contributed by atoms with van der Waals surface area (Å²) in [4.78, 5) is 25.8. The number of carbonyl (C=O) groups excluding carboxylic acids is 1. The summed E-state index contributed by atoms with van der Waals surface area (Å²) >= 11 is 0. The third kappa shape index (κ3) is 3.85. The van der Waals surface area contributed by atoms with Gasteiger partial charge in [-0.2, -0.15) is 4.98 Å². The second-order valence-electron chi connectivity index (χ2n) is 8.16. The lowest BCUT2D eigenvalue weighted by atomic mass is 10.1. The molecule has 0 aromatic carbocycles. The van der Waals surface area contributed by atoms with Crippen LogP contribution in [0.3, 0.4) is 0 Å². The fraction of sp³-hybridized carbons (Fsp3) is 0.619. The van der Waals surface area contributed by atoms with E-state index in [1.54, 1.807) is 0 Å². The molecule has 1 saturated carbocycles. The van der Waals surface area contributed by atoms with Crippen LogP contribution in [0.2, 0.25) is 0 Å². The van der Waals surface area contributed by atoms with Gasteiger partial charge in [0.15, 0.2) is 0 Å². The van der Waals surface area contributed by atoms with Crippen LogP contribution in [0.5, 0.6) is 0 Å². The van der Waals surface area contributed by atoms with E-state index in [4.69, 9.17) is 9.26 Å². The molecule has 3 fully saturated rings. The first-order valence-corrected chi connectivity index (χ1v) is 10.7. The number of piperazine rings is 1. The van der Waals surface area contributed by atoms with Crippen LogP contribution in [0.25, 0.3) is 11.4 Å². The van der Waals surface area contributed by atoms with Crippen LogP contribution in [0.4, 0.5) is 5.82 Å². The third-order valence-electron chi connectivity index (χ3n) is 6.27. The molecule has 0 spiro atoms. The molecule has 4 heterocycles. The van der Waals surface area contributed by atoms with Gasteiger partial charge in [0.1, 0.15) is 11.9 Å². The molecular weight excluding hydrogens is 370 g/mol. The summed E-state index contributed by atoms with van der Waals surface area (Å²) in [7, 11) is 0. The van der Waals surface area contributed by atoms with Crippen molar-refractivity contribution in [1.82, 2.24) is 20.0 Å². The van der Waals surface area contributed by atoms with Crippen LogP contribution >= 0.6 is 0 Å². The quantitative estimate of drug-likeness (QED) is 0.784. The molecule has 1 unspecified atom stereocenters. The van der Waals surface area contributed by atoms with Gasteiger partial charge in [0.05, 0.1) is 0 Å². The highest BCUT2D eigenvalue weighted by molar-refractivity contribution is 5.81. The number of hydrogen-bond acceptors (Lipinski definition) is 7. The highest BCUT2D eigenvalue weighted by Gasteiger charge is 2.30. The summed E-state index contributed by atoms with van der Waals surface area (Å²) < 4.78 is 11.0. The number of nitrogens with zero attached hydrogens (tertiary/aromatic N) is 5. The van der Waals surface area contributed by atoms with Gasteiger partial charge in [0, 0.05) is 50.5 Å². The molecule has 154 valence electrons. The molecule has 1 amide bonds. The molecule has 2 aliphatic heterocycles. The Morgan fingerprint density at radius 1 is 1.03 bits per heavy atom. The predicted octanol–water partition coefficient (Wildman–Crippen LogP) is 2.62. The SMILES string of the molecule is O=C(C1CCCO1)N1CCN(c2ccc(-c3noc(C4CCCC4)n3)cn2)CC1. The summed E-state index contributed by atoms with van der Waals surface area (Å²) in [6.45, 7) is 3.67. The number of ether oxygens (including phenoxy) is 1. The maximum absolute atomic E-state index is 12.5. The second kappa shape index (κ2) is 8.10. The van der Waals surface area contributed by atoms with Crippen LogP contribution in [0, 0.1) is 0 Å². The molecule has 1 atom stereocenters. The van der Waals surface area contributed by atoms with Crippen LogP contribution in [0.15, 0.2) is 22.9 Å². The molecule has 0 N–H and O–H groups in total. The van der Waals surface area contributed by atoms with E-state index in [2.05, 4.69) is 20.0 Å². The van der Waals surface area contributed by atoms with Crippen LogP contribution < -0.4 is 4.90 Å².